The van der Waals surface area contributed by atoms with Crippen molar-refractivity contribution in [3.63, 3.8) is 0 Å². The number of nitrogens with zero attached hydrogens (tertiary/aromatic N) is 2. The van der Waals surface area contributed by atoms with Crippen LogP contribution in [0.5, 0.6) is 0 Å². The number of nitro benzene ring substituents is 1. The molecule has 0 unspecified atom stereocenters. The Balaban J connectivity index is 1.84. The smallest absolute Gasteiger partial charge is 0.282 e. The monoisotopic (exact) mass is 421 g/mol. The van der Waals surface area contributed by atoms with E-state index in [1.807, 2.05) is 0 Å². The molecule has 154 valence electrons. The summed E-state index contributed by atoms with van der Waals surface area (Å²) in [6.07, 6.45) is 0. The van der Waals surface area contributed by atoms with E-state index in [2.05, 4.69) is 5.32 Å². The van der Waals surface area contributed by atoms with Gasteiger partial charge in [-0.05, 0) is 48.0 Å². The van der Waals surface area contributed by atoms with Crippen LogP contribution in [-0.4, -0.2) is 16.7 Å². The van der Waals surface area contributed by atoms with Crippen LogP contribution in [0.4, 0.5) is 25.8 Å². The molecule has 0 atom stereocenters. The van der Waals surface area contributed by atoms with E-state index in [4.69, 9.17) is 0 Å². The number of rotatable bonds is 5. The van der Waals surface area contributed by atoms with Gasteiger partial charge in [-0.3, -0.25) is 19.7 Å². The van der Waals surface area contributed by atoms with E-state index in [9.17, 15) is 28.5 Å². The molecule has 0 radical (unpaired) electrons. The Morgan fingerprint density at radius 3 is 2.23 bits per heavy atom. The van der Waals surface area contributed by atoms with Crippen LogP contribution in [0.2, 0.25) is 0 Å². The molecule has 1 N–H and O–H groups in total. The maximum atomic E-state index is 14.4. The second kappa shape index (κ2) is 7.79. The molecule has 0 fully saturated rings. The summed E-state index contributed by atoms with van der Waals surface area (Å²) in [6, 6.07) is 15.5. The zero-order valence-electron chi connectivity index (χ0n) is 15.7. The molecule has 3 aromatic carbocycles. The number of carbonyl (C=O) groups is 2. The predicted octanol–water partition coefficient (Wildman–Crippen LogP) is 4.27. The van der Waals surface area contributed by atoms with Crippen LogP contribution in [0.1, 0.15) is 5.56 Å². The molecule has 7 nitrogen and oxygen atoms in total. The molecule has 2 amide bonds. The van der Waals surface area contributed by atoms with Crippen molar-refractivity contribution >= 4 is 34.4 Å². The fourth-order valence-corrected chi connectivity index (χ4v) is 3.23. The number of benzene rings is 3. The molecule has 1 aliphatic heterocycles. The second-order valence-electron chi connectivity index (χ2n) is 6.59. The zero-order chi connectivity index (χ0) is 22.1. The number of hydrogen-bond acceptors (Lipinski definition) is 5. The van der Waals surface area contributed by atoms with E-state index in [-0.39, 0.29) is 33.9 Å². The first-order chi connectivity index (χ1) is 14.9. The second-order valence-corrected chi connectivity index (χ2v) is 6.59. The fourth-order valence-electron chi connectivity index (χ4n) is 3.23. The largest absolute Gasteiger partial charge is 0.350 e. The van der Waals surface area contributed by atoms with E-state index < -0.39 is 28.4 Å². The van der Waals surface area contributed by atoms with Crippen LogP contribution >= 0.6 is 0 Å². The van der Waals surface area contributed by atoms with E-state index in [0.29, 0.717) is 4.90 Å². The van der Waals surface area contributed by atoms with Gasteiger partial charge < -0.3 is 5.32 Å². The van der Waals surface area contributed by atoms with E-state index >= 15 is 0 Å². The van der Waals surface area contributed by atoms with E-state index in [1.165, 1.54) is 60.7 Å². The Morgan fingerprint density at radius 2 is 1.58 bits per heavy atom. The molecule has 0 saturated carbocycles. The van der Waals surface area contributed by atoms with Gasteiger partial charge in [0.05, 0.1) is 16.2 Å². The molecular weight excluding hydrogens is 408 g/mol. The van der Waals surface area contributed by atoms with Crippen LogP contribution < -0.4 is 10.2 Å². The van der Waals surface area contributed by atoms with Crippen molar-refractivity contribution in [2.24, 2.45) is 0 Å². The lowest BCUT2D eigenvalue weighted by atomic mass is 10.0. The van der Waals surface area contributed by atoms with Crippen molar-refractivity contribution in [2.75, 3.05) is 10.2 Å². The van der Waals surface area contributed by atoms with Gasteiger partial charge in [0.2, 0.25) is 0 Å². The molecule has 1 heterocycles. The van der Waals surface area contributed by atoms with Gasteiger partial charge >= 0.3 is 0 Å². The lowest BCUT2D eigenvalue weighted by Gasteiger charge is -2.16. The maximum Gasteiger partial charge on any atom is 0.282 e. The Labute approximate surface area is 174 Å². The molecule has 3 aromatic rings. The third kappa shape index (κ3) is 3.64. The van der Waals surface area contributed by atoms with Crippen molar-refractivity contribution < 1.29 is 23.3 Å². The highest BCUT2D eigenvalue weighted by molar-refractivity contribution is 6.46. The number of nitrogens with one attached hydrogen (secondary N) is 1. The molecule has 9 heteroatoms. The lowest BCUT2D eigenvalue weighted by molar-refractivity contribution is -0.384. The summed E-state index contributed by atoms with van der Waals surface area (Å²) in [5.41, 5.74) is -0.354. The number of hydrogen-bond donors (Lipinski definition) is 1. The van der Waals surface area contributed by atoms with Crippen molar-refractivity contribution in [3.05, 3.63) is 106 Å². The van der Waals surface area contributed by atoms with Crippen LogP contribution in [-0.2, 0) is 9.59 Å². The van der Waals surface area contributed by atoms with Gasteiger partial charge in [-0.25, -0.2) is 13.7 Å². The first-order valence-electron chi connectivity index (χ1n) is 9.02. The number of anilines is 2. The van der Waals surface area contributed by atoms with Crippen molar-refractivity contribution in [2.45, 2.75) is 0 Å². The Kier molecular flexibility index (Phi) is 5.00. The average molecular weight is 421 g/mol. The first-order valence-corrected chi connectivity index (χ1v) is 9.02. The third-order valence-corrected chi connectivity index (χ3v) is 4.64. The van der Waals surface area contributed by atoms with Crippen LogP contribution in [0.3, 0.4) is 0 Å². The van der Waals surface area contributed by atoms with Gasteiger partial charge in [-0.15, -0.1) is 0 Å². The van der Waals surface area contributed by atoms with Crippen LogP contribution in [0.25, 0.3) is 5.57 Å². The molecule has 0 aliphatic carbocycles. The summed E-state index contributed by atoms with van der Waals surface area (Å²) in [4.78, 5) is 37.3. The fraction of sp³-hybridized carbons (Fsp3) is 0. The molecule has 1 aliphatic rings. The van der Waals surface area contributed by atoms with Crippen molar-refractivity contribution in [1.82, 2.24) is 0 Å². The zero-order valence-corrected chi connectivity index (χ0v) is 15.7. The summed E-state index contributed by atoms with van der Waals surface area (Å²) in [5.74, 6) is -3.00. The number of nitro groups is 1. The lowest BCUT2D eigenvalue weighted by Crippen LogP contribution is -2.33. The molecule has 0 bridgehead atoms. The average Bonchev–Trinajstić information content (AvgIpc) is 2.98. The molecule has 4 rings (SSSR count). The Hall–Kier alpha value is -4.40. The highest BCUT2D eigenvalue weighted by Gasteiger charge is 2.41. The minimum Gasteiger partial charge on any atom is -0.350 e. The summed E-state index contributed by atoms with van der Waals surface area (Å²) in [5, 5.41) is 13.7. The first kappa shape index (κ1) is 19.9. The number of carbonyl (C=O) groups excluding carboxylic acids is 2. The number of para-hydroxylation sites is 1. The SMILES string of the molecule is O=C1C(Nc2cccc(F)c2)=C(c2ccc([N+](=O)[O-])cc2)C(=O)N1c1ccccc1F. The van der Waals surface area contributed by atoms with Gasteiger partial charge in [0.1, 0.15) is 17.3 Å². The quantitative estimate of drug-likeness (QED) is 0.377. The summed E-state index contributed by atoms with van der Waals surface area (Å²) in [6.45, 7) is 0. The minimum absolute atomic E-state index is 0.118. The summed E-state index contributed by atoms with van der Waals surface area (Å²) >= 11 is 0. The summed E-state index contributed by atoms with van der Waals surface area (Å²) < 4.78 is 28.0. The number of non-ortho nitro benzene ring substituents is 1. The standard InChI is InChI=1S/C22H13F2N3O4/c23-14-4-3-5-15(12-14)25-20-19(13-8-10-16(11-9-13)27(30)31)21(28)26(22(20)29)18-7-2-1-6-17(18)24/h1-12,25H. The maximum absolute atomic E-state index is 14.4. The highest BCUT2D eigenvalue weighted by atomic mass is 19.1. The Morgan fingerprint density at radius 1 is 0.871 bits per heavy atom. The number of halogens is 2. The van der Waals surface area contributed by atoms with Gasteiger partial charge in [0, 0.05) is 17.8 Å². The van der Waals surface area contributed by atoms with Crippen molar-refractivity contribution in [1.29, 1.82) is 0 Å². The van der Waals surface area contributed by atoms with Gasteiger partial charge in [0.25, 0.3) is 17.5 Å². The van der Waals surface area contributed by atoms with E-state index in [0.717, 1.165) is 12.1 Å². The molecular formula is C22H13F2N3O4. The Bertz CT molecular complexity index is 1260. The van der Waals surface area contributed by atoms with Crippen LogP contribution in [0, 0.1) is 21.7 Å². The highest BCUT2D eigenvalue weighted by Crippen LogP contribution is 2.35. The van der Waals surface area contributed by atoms with Gasteiger partial charge in [-0.2, -0.15) is 0 Å². The number of amides is 2. The minimum atomic E-state index is -0.840. The summed E-state index contributed by atoms with van der Waals surface area (Å²) in [7, 11) is 0. The topological polar surface area (TPSA) is 92.5 Å². The number of imide groups is 1. The predicted molar refractivity (Wildman–Crippen MR) is 109 cm³/mol. The van der Waals surface area contributed by atoms with Crippen LogP contribution in [0.15, 0.2) is 78.5 Å². The normalized spacial score (nSPS) is 13.7. The molecule has 31 heavy (non-hydrogen) atoms. The van der Waals surface area contributed by atoms with Crippen molar-refractivity contribution in [3.8, 4) is 0 Å². The van der Waals surface area contributed by atoms with Gasteiger partial charge in [0.15, 0.2) is 0 Å². The van der Waals surface area contributed by atoms with E-state index in [1.54, 1.807) is 0 Å². The molecule has 0 aromatic heterocycles. The molecule has 0 saturated heterocycles. The third-order valence-electron chi connectivity index (χ3n) is 4.64. The molecule has 0 spiro atoms. The van der Waals surface area contributed by atoms with Gasteiger partial charge in [-0.1, -0.05) is 18.2 Å².